The summed E-state index contributed by atoms with van der Waals surface area (Å²) in [7, 11) is 0. The zero-order valence-corrected chi connectivity index (χ0v) is 12.3. The van der Waals surface area contributed by atoms with Crippen LogP contribution in [0.4, 0.5) is 5.69 Å². The molecule has 3 aromatic rings. The van der Waals surface area contributed by atoms with Crippen molar-refractivity contribution < 1.29 is 0 Å². The summed E-state index contributed by atoms with van der Waals surface area (Å²) in [6, 6.07) is 10.3. The van der Waals surface area contributed by atoms with Gasteiger partial charge in [0, 0.05) is 47.2 Å². The number of anilines is 1. The molecule has 0 amide bonds. The highest BCUT2D eigenvalue weighted by Gasteiger charge is 1.99. The van der Waals surface area contributed by atoms with Crippen LogP contribution in [0.1, 0.15) is 5.56 Å². The lowest BCUT2D eigenvalue weighted by Gasteiger charge is -2.09. The van der Waals surface area contributed by atoms with Crippen LogP contribution < -0.4 is 5.32 Å². The number of aromatic nitrogens is 3. The van der Waals surface area contributed by atoms with Gasteiger partial charge in [-0.1, -0.05) is 6.07 Å². The highest BCUT2D eigenvalue weighted by atomic mass is 79.9. The first-order chi connectivity index (χ1) is 9.81. The van der Waals surface area contributed by atoms with Crippen LogP contribution in [0.5, 0.6) is 0 Å². The summed E-state index contributed by atoms with van der Waals surface area (Å²) in [5.41, 5.74) is 3.28. The normalized spacial score (nSPS) is 10.4. The fourth-order valence-electron chi connectivity index (χ4n) is 1.94. The van der Waals surface area contributed by atoms with Crippen molar-refractivity contribution in [2.75, 3.05) is 5.32 Å². The lowest BCUT2D eigenvalue weighted by Crippen LogP contribution is -2.00. The first-order valence-electron chi connectivity index (χ1n) is 6.23. The zero-order chi connectivity index (χ0) is 13.8. The SMILES string of the molecule is Brc1cncc(CNc2cccc(-n3ccnc3)c2)c1. The zero-order valence-electron chi connectivity index (χ0n) is 10.7. The molecule has 0 aliphatic heterocycles. The standard InChI is InChI=1S/C15H13BrN4/c16-13-6-12(8-18-10-13)9-19-14-2-1-3-15(7-14)20-5-4-17-11-20/h1-8,10-11,19H,9H2. The van der Waals surface area contributed by atoms with Gasteiger partial charge in [0.15, 0.2) is 0 Å². The summed E-state index contributed by atoms with van der Waals surface area (Å²) in [5, 5.41) is 3.40. The molecular weight excluding hydrogens is 316 g/mol. The fourth-order valence-corrected chi connectivity index (χ4v) is 2.36. The van der Waals surface area contributed by atoms with Crippen LogP contribution in [0, 0.1) is 0 Å². The van der Waals surface area contributed by atoms with Crippen LogP contribution in [0.3, 0.4) is 0 Å². The second-order valence-corrected chi connectivity index (χ2v) is 5.30. The van der Waals surface area contributed by atoms with Crippen LogP contribution in [-0.4, -0.2) is 14.5 Å². The van der Waals surface area contributed by atoms with Gasteiger partial charge in [-0.15, -0.1) is 0 Å². The van der Waals surface area contributed by atoms with Gasteiger partial charge in [-0.2, -0.15) is 0 Å². The van der Waals surface area contributed by atoms with Gasteiger partial charge in [-0.3, -0.25) is 4.98 Å². The third-order valence-electron chi connectivity index (χ3n) is 2.91. The summed E-state index contributed by atoms with van der Waals surface area (Å²) in [6.07, 6.45) is 9.13. The topological polar surface area (TPSA) is 42.7 Å². The van der Waals surface area contributed by atoms with Crippen molar-refractivity contribution >= 4 is 21.6 Å². The molecule has 0 fully saturated rings. The molecule has 2 aromatic heterocycles. The Bertz CT molecular complexity index is 695. The van der Waals surface area contributed by atoms with E-state index in [-0.39, 0.29) is 0 Å². The van der Waals surface area contributed by atoms with E-state index in [0.717, 1.165) is 28.0 Å². The van der Waals surface area contributed by atoms with Crippen molar-refractivity contribution in [1.82, 2.24) is 14.5 Å². The van der Waals surface area contributed by atoms with E-state index in [9.17, 15) is 0 Å². The number of rotatable bonds is 4. The summed E-state index contributed by atoms with van der Waals surface area (Å²) in [5.74, 6) is 0. The second kappa shape index (κ2) is 5.88. The Morgan fingerprint density at radius 1 is 1.15 bits per heavy atom. The maximum Gasteiger partial charge on any atom is 0.0991 e. The van der Waals surface area contributed by atoms with Crippen LogP contribution in [0.15, 0.2) is 65.9 Å². The van der Waals surface area contributed by atoms with E-state index >= 15 is 0 Å². The number of imidazole rings is 1. The van der Waals surface area contributed by atoms with Crippen LogP contribution in [0.25, 0.3) is 5.69 Å². The number of halogens is 1. The van der Waals surface area contributed by atoms with E-state index < -0.39 is 0 Å². The molecule has 4 nitrogen and oxygen atoms in total. The number of hydrogen-bond donors (Lipinski definition) is 1. The third-order valence-corrected chi connectivity index (χ3v) is 3.34. The molecular formula is C15H13BrN4. The van der Waals surface area contributed by atoms with Gasteiger partial charge in [0.25, 0.3) is 0 Å². The smallest absolute Gasteiger partial charge is 0.0991 e. The first-order valence-corrected chi connectivity index (χ1v) is 7.02. The Labute approximate surface area is 125 Å². The van der Waals surface area contributed by atoms with Crippen molar-refractivity contribution in [3.8, 4) is 5.69 Å². The molecule has 0 aliphatic rings. The van der Waals surface area contributed by atoms with Crippen molar-refractivity contribution in [1.29, 1.82) is 0 Å². The Kier molecular flexibility index (Phi) is 3.78. The van der Waals surface area contributed by atoms with E-state index in [0.29, 0.717) is 0 Å². The molecule has 0 saturated carbocycles. The molecule has 0 saturated heterocycles. The quantitative estimate of drug-likeness (QED) is 0.795. The Balaban J connectivity index is 1.73. The van der Waals surface area contributed by atoms with Gasteiger partial charge < -0.3 is 9.88 Å². The molecule has 0 unspecified atom stereocenters. The number of nitrogens with one attached hydrogen (secondary N) is 1. The van der Waals surface area contributed by atoms with Crippen molar-refractivity contribution in [2.24, 2.45) is 0 Å². The van der Waals surface area contributed by atoms with Gasteiger partial charge >= 0.3 is 0 Å². The summed E-state index contributed by atoms with van der Waals surface area (Å²) in [6.45, 7) is 0.736. The average Bonchev–Trinajstić information content (AvgIpc) is 3.00. The molecule has 2 heterocycles. The average molecular weight is 329 g/mol. The lowest BCUT2D eigenvalue weighted by molar-refractivity contribution is 1.05. The van der Waals surface area contributed by atoms with E-state index in [1.165, 1.54) is 0 Å². The molecule has 0 atom stereocenters. The van der Waals surface area contributed by atoms with Crippen molar-refractivity contribution in [3.63, 3.8) is 0 Å². The number of benzene rings is 1. The largest absolute Gasteiger partial charge is 0.381 e. The first kappa shape index (κ1) is 12.9. The van der Waals surface area contributed by atoms with Crippen LogP contribution >= 0.6 is 15.9 Å². The fraction of sp³-hybridized carbons (Fsp3) is 0.0667. The predicted molar refractivity (Wildman–Crippen MR) is 82.8 cm³/mol. The van der Waals surface area contributed by atoms with E-state index in [4.69, 9.17) is 0 Å². The van der Waals surface area contributed by atoms with Crippen molar-refractivity contribution in [2.45, 2.75) is 6.54 Å². The minimum Gasteiger partial charge on any atom is -0.381 e. The molecule has 5 heteroatoms. The maximum atomic E-state index is 4.16. The Hall–Kier alpha value is -2.14. The highest BCUT2D eigenvalue weighted by molar-refractivity contribution is 9.10. The summed E-state index contributed by atoms with van der Waals surface area (Å²) >= 11 is 3.43. The van der Waals surface area contributed by atoms with E-state index in [2.05, 4.69) is 43.3 Å². The molecule has 3 rings (SSSR count). The number of pyridine rings is 1. The summed E-state index contributed by atoms with van der Waals surface area (Å²) in [4.78, 5) is 8.22. The summed E-state index contributed by atoms with van der Waals surface area (Å²) < 4.78 is 2.97. The lowest BCUT2D eigenvalue weighted by atomic mass is 10.2. The second-order valence-electron chi connectivity index (χ2n) is 4.39. The molecule has 0 radical (unpaired) electrons. The van der Waals surface area contributed by atoms with Gasteiger partial charge in [0.1, 0.15) is 0 Å². The van der Waals surface area contributed by atoms with Gasteiger partial charge in [-0.05, 0) is 45.8 Å². The minimum absolute atomic E-state index is 0.736. The number of nitrogens with zero attached hydrogens (tertiary/aromatic N) is 3. The number of hydrogen-bond acceptors (Lipinski definition) is 3. The molecule has 1 N–H and O–H groups in total. The maximum absolute atomic E-state index is 4.16. The van der Waals surface area contributed by atoms with Gasteiger partial charge in [0.2, 0.25) is 0 Å². The molecule has 0 spiro atoms. The minimum atomic E-state index is 0.736. The van der Waals surface area contributed by atoms with Crippen LogP contribution in [-0.2, 0) is 6.54 Å². The molecule has 100 valence electrons. The predicted octanol–water partition coefficient (Wildman–Crippen LogP) is 3.64. The Morgan fingerprint density at radius 3 is 2.90 bits per heavy atom. The third kappa shape index (κ3) is 3.05. The highest BCUT2D eigenvalue weighted by Crippen LogP contribution is 2.16. The van der Waals surface area contributed by atoms with Gasteiger partial charge in [0.05, 0.1) is 6.33 Å². The van der Waals surface area contributed by atoms with Crippen molar-refractivity contribution in [3.05, 3.63) is 71.5 Å². The monoisotopic (exact) mass is 328 g/mol. The Morgan fingerprint density at radius 2 is 2.10 bits per heavy atom. The van der Waals surface area contributed by atoms with E-state index in [1.807, 2.05) is 35.2 Å². The van der Waals surface area contributed by atoms with Crippen LogP contribution in [0.2, 0.25) is 0 Å². The van der Waals surface area contributed by atoms with E-state index in [1.54, 1.807) is 18.7 Å². The molecule has 0 bridgehead atoms. The van der Waals surface area contributed by atoms with Gasteiger partial charge in [-0.25, -0.2) is 4.98 Å². The molecule has 0 aliphatic carbocycles. The molecule has 20 heavy (non-hydrogen) atoms. The molecule has 1 aromatic carbocycles.